The van der Waals surface area contributed by atoms with Gasteiger partial charge in [0.25, 0.3) is 0 Å². The molecule has 35 heavy (non-hydrogen) atoms. The number of carbonyl (C=O) groups excluding carboxylic acids is 1. The fourth-order valence-corrected chi connectivity index (χ4v) is 5.60. The molecule has 0 radical (unpaired) electrons. The number of rotatable bonds is 7. The number of carbonyl (C=O) groups is 1. The summed E-state index contributed by atoms with van der Waals surface area (Å²) in [7, 11) is 0. The lowest BCUT2D eigenvalue weighted by Gasteiger charge is -2.43. The van der Waals surface area contributed by atoms with Crippen molar-refractivity contribution in [1.29, 1.82) is 0 Å². The van der Waals surface area contributed by atoms with E-state index in [-0.39, 0.29) is 48.9 Å². The van der Waals surface area contributed by atoms with Crippen molar-refractivity contribution in [2.45, 2.75) is 50.7 Å². The van der Waals surface area contributed by atoms with Crippen LogP contribution in [0.15, 0.2) is 6.33 Å². The minimum Gasteiger partial charge on any atom is -0.377 e. The minimum absolute atomic E-state index is 0.00902. The highest BCUT2D eigenvalue weighted by Crippen LogP contribution is 2.42. The molecule has 0 aromatic carbocycles. The second-order valence-electron chi connectivity index (χ2n) is 9.92. The zero-order valence-corrected chi connectivity index (χ0v) is 19.8. The van der Waals surface area contributed by atoms with Crippen LogP contribution in [0.25, 0.3) is 0 Å². The number of amides is 1. The number of nitrogens with one attached hydrogen (secondary N) is 1. The summed E-state index contributed by atoms with van der Waals surface area (Å²) < 4.78 is 60.4. The third-order valence-electron chi connectivity index (χ3n) is 7.63. The summed E-state index contributed by atoms with van der Waals surface area (Å²) in [5, 5.41) is 3.12. The summed E-state index contributed by atoms with van der Waals surface area (Å²) in [5.74, 6) is -1.54. The highest BCUT2D eigenvalue weighted by Gasteiger charge is 2.44. The summed E-state index contributed by atoms with van der Waals surface area (Å²) >= 11 is 0. The summed E-state index contributed by atoms with van der Waals surface area (Å²) in [6.45, 7) is 3.50. The van der Waals surface area contributed by atoms with E-state index in [4.69, 9.17) is 10.5 Å². The Balaban J connectivity index is 1.37. The van der Waals surface area contributed by atoms with E-state index in [1.807, 2.05) is 9.80 Å². The molecule has 1 aromatic rings. The number of nitrogens with zero attached hydrogens (tertiary/aromatic N) is 4. The largest absolute Gasteiger partial charge is 0.391 e. The van der Waals surface area contributed by atoms with E-state index < -0.39 is 17.9 Å². The van der Waals surface area contributed by atoms with Crippen molar-refractivity contribution >= 4 is 17.5 Å². The Morgan fingerprint density at radius 2 is 1.83 bits per heavy atom. The number of halogens is 4. The molecule has 1 atom stereocenters. The quantitative estimate of drug-likeness (QED) is 0.554. The van der Waals surface area contributed by atoms with Crippen LogP contribution >= 0.6 is 0 Å². The Morgan fingerprint density at radius 1 is 1.11 bits per heavy atom. The highest BCUT2D eigenvalue weighted by molar-refractivity contribution is 5.75. The van der Waals surface area contributed by atoms with Gasteiger partial charge in [0, 0.05) is 13.1 Å². The molecule has 1 unspecified atom stereocenters. The fourth-order valence-electron chi connectivity index (χ4n) is 5.60. The van der Waals surface area contributed by atoms with E-state index in [1.165, 1.54) is 6.33 Å². The normalized spacial score (nSPS) is 27.1. The van der Waals surface area contributed by atoms with E-state index in [0.29, 0.717) is 45.1 Å². The van der Waals surface area contributed by atoms with Gasteiger partial charge in [-0.3, -0.25) is 9.69 Å². The van der Waals surface area contributed by atoms with E-state index in [2.05, 4.69) is 15.3 Å². The van der Waals surface area contributed by atoms with Crippen molar-refractivity contribution < 1.29 is 27.1 Å². The predicted molar refractivity (Wildman–Crippen MR) is 122 cm³/mol. The van der Waals surface area contributed by atoms with Gasteiger partial charge in [0.1, 0.15) is 6.33 Å². The molecule has 12 heteroatoms. The topological polar surface area (TPSA) is 96.6 Å². The maximum atomic E-state index is 15.5. The van der Waals surface area contributed by atoms with Crippen molar-refractivity contribution in [2.75, 3.05) is 56.2 Å². The molecular weight excluding hydrogens is 468 g/mol. The molecule has 196 valence electrons. The molecule has 0 bridgehead atoms. The average Bonchev–Trinajstić information content (AvgIpc) is 2.84. The smallest absolute Gasteiger partial charge is 0.377 e. The first-order chi connectivity index (χ1) is 16.7. The van der Waals surface area contributed by atoms with Gasteiger partial charge in [-0.1, -0.05) is 0 Å². The lowest BCUT2D eigenvalue weighted by molar-refractivity contribution is -0.184. The van der Waals surface area contributed by atoms with Crippen LogP contribution in [0.1, 0.15) is 38.5 Å². The molecule has 0 spiro atoms. The Morgan fingerprint density at radius 3 is 2.49 bits per heavy atom. The average molecular weight is 503 g/mol. The lowest BCUT2D eigenvalue weighted by atomic mass is 9.77. The van der Waals surface area contributed by atoms with Crippen molar-refractivity contribution in [3.63, 3.8) is 0 Å². The number of hydrogen-bond donors (Lipinski definition) is 2. The maximum absolute atomic E-state index is 15.5. The minimum atomic E-state index is -4.16. The maximum Gasteiger partial charge on any atom is 0.391 e. The van der Waals surface area contributed by atoms with E-state index >= 15 is 4.39 Å². The van der Waals surface area contributed by atoms with Crippen molar-refractivity contribution in [1.82, 2.24) is 14.9 Å². The van der Waals surface area contributed by atoms with Crippen LogP contribution < -0.4 is 16.0 Å². The molecule has 8 nitrogen and oxygen atoms in total. The molecule has 3 fully saturated rings. The number of ether oxygens (including phenoxy) is 1. The summed E-state index contributed by atoms with van der Waals surface area (Å²) in [6, 6.07) is -0.218. The Bertz CT molecular complexity index is 857. The number of primary amides is 1. The number of likely N-dealkylation sites (tertiary alicyclic amines) is 1. The summed E-state index contributed by atoms with van der Waals surface area (Å²) in [6.07, 6.45) is -0.0552. The molecule has 1 aromatic heterocycles. The van der Waals surface area contributed by atoms with Crippen LogP contribution in [-0.4, -0.2) is 78.9 Å². The van der Waals surface area contributed by atoms with E-state index in [9.17, 15) is 18.0 Å². The van der Waals surface area contributed by atoms with Gasteiger partial charge in [-0.15, -0.1) is 0 Å². The fraction of sp³-hybridized carbons (Fsp3) is 0.783. The van der Waals surface area contributed by atoms with Gasteiger partial charge in [-0.25, -0.2) is 9.97 Å². The SMILES string of the molecule is NC(=O)CN1CCC(CNc2ncnc(N3CCOCC3C3CCC(C(F)(F)F)CC3)c2F)CC1. The number of hydrogen-bond acceptors (Lipinski definition) is 7. The number of alkyl halides is 3. The van der Waals surface area contributed by atoms with Gasteiger partial charge in [0.05, 0.1) is 31.7 Å². The number of aromatic nitrogens is 2. The van der Waals surface area contributed by atoms with Gasteiger partial charge < -0.3 is 20.7 Å². The van der Waals surface area contributed by atoms with Crippen LogP contribution in [0.5, 0.6) is 0 Å². The van der Waals surface area contributed by atoms with E-state index in [1.54, 1.807) is 0 Å². The van der Waals surface area contributed by atoms with Crippen LogP contribution in [0, 0.1) is 23.6 Å². The molecule has 1 amide bonds. The first-order valence-electron chi connectivity index (χ1n) is 12.4. The second kappa shape index (κ2) is 11.2. The molecule has 3 N–H and O–H groups in total. The molecule has 3 heterocycles. The Kier molecular flexibility index (Phi) is 8.31. The molecule has 2 aliphatic heterocycles. The Hall–Kier alpha value is -2.21. The lowest BCUT2D eigenvalue weighted by Crippen LogP contribution is -2.51. The third-order valence-corrected chi connectivity index (χ3v) is 7.63. The van der Waals surface area contributed by atoms with E-state index in [0.717, 1.165) is 25.9 Å². The summed E-state index contributed by atoms with van der Waals surface area (Å²) in [4.78, 5) is 23.3. The first kappa shape index (κ1) is 25.9. The third kappa shape index (κ3) is 6.52. The number of nitrogens with two attached hydrogens (primary N) is 1. The number of anilines is 2. The zero-order chi connectivity index (χ0) is 25.0. The molecule has 3 aliphatic rings. The van der Waals surface area contributed by atoms with Gasteiger partial charge in [0.15, 0.2) is 11.6 Å². The molecule has 4 rings (SSSR count). The van der Waals surface area contributed by atoms with Crippen molar-refractivity contribution in [3.05, 3.63) is 12.1 Å². The van der Waals surface area contributed by atoms with Crippen molar-refractivity contribution in [2.24, 2.45) is 23.5 Å². The Labute approximate surface area is 202 Å². The van der Waals surface area contributed by atoms with Gasteiger partial charge >= 0.3 is 6.18 Å². The van der Waals surface area contributed by atoms with Gasteiger partial charge in [-0.05, 0) is 63.5 Å². The first-order valence-corrected chi connectivity index (χ1v) is 12.4. The molecule has 1 saturated carbocycles. The highest BCUT2D eigenvalue weighted by atomic mass is 19.4. The molecular formula is C23H34F4N6O2. The summed E-state index contributed by atoms with van der Waals surface area (Å²) in [5.41, 5.74) is 5.26. The van der Waals surface area contributed by atoms with Gasteiger partial charge in [-0.2, -0.15) is 17.6 Å². The monoisotopic (exact) mass is 502 g/mol. The standard InChI is InChI=1S/C23H34F4N6O2/c24-20-21(29-11-15-5-7-32(8-6-15)12-19(28)34)30-14-31-22(20)33-9-10-35-13-18(33)16-1-3-17(4-2-16)23(25,26)27/h14-18H,1-13H2,(H2,28,34)(H,29,30,31). The van der Waals surface area contributed by atoms with Crippen LogP contribution in [0.3, 0.4) is 0 Å². The number of piperidine rings is 1. The van der Waals surface area contributed by atoms with Gasteiger partial charge in [0.2, 0.25) is 11.7 Å². The van der Waals surface area contributed by atoms with Crippen LogP contribution in [-0.2, 0) is 9.53 Å². The van der Waals surface area contributed by atoms with Crippen LogP contribution in [0.4, 0.5) is 29.2 Å². The molecule has 1 aliphatic carbocycles. The second-order valence-corrected chi connectivity index (χ2v) is 9.92. The van der Waals surface area contributed by atoms with Crippen molar-refractivity contribution in [3.8, 4) is 0 Å². The predicted octanol–water partition coefficient (Wildman–Crippen LogP) is 2.80. The van der Waals surface area contributed by atoms with Crippen LogP contribution in [0.2, 0.25) is 0 Å². The number of morpholine rings is 1. The zero-order valence-electron chi connectivity index (χ0n) is 19.8. The molecule has 2 saturated heterocycles.